The fourth-order valence-corrected chi connectivity index (χ4v) is 1.65. The van der Waals surface area contributed by atoms with Gasteiger partial charge in [0.15, 0.2) is 5.78 Å². The molecule has 1 aromatic rings. The topological polar surface area (TPSA) is 60.2 Å². The van der Waals surface area contributed by atoms with Crippen molar-refractivity contribution >= 4 is 17.8 Å². The minimum Gasteiger partial charge on any atom is -0.370 e. The zero-order chi connectivity index (χ0) is 15.9. The summed E-state index contributed by atoms with van der Waals surface area (Å²) in [6.45, 7) is 0. The van der Waals surface area contributed by atoms with Gasteiger partial charge in [-0.2, -0.15) is 13.2 Å². The van der Waals surface area contributed by atoms with Crippen LogP contribution in [0.1, 0.15) is 36.8 Å². The Morgan fingerprint density at radius 1 is 1.05 bits per heavy atom. The number of alkyl halides is 3. The molecule has 0 heterocycles. The SMILES string of the molecule is NC(=O)CCCCC(=O)/C=C/c1ccc(C(F)(F)F)cc1. The Balaban J connectivity index is 2.45. The molecule has 0 saturated carbocycles. The summed E-state index contributed by atoms with van der Waals surface area (Å²) in [5.74, 6) is -0.540. The molecule has 0 spiro atoms. The maximum absolute atomic E-state index is 12.4. The van der Waals surface area contributed by atoms with Gasteiger partial charge >= 0.3 is 6.18 Å². The molecule has 1 aromatic carbocycles. The Labute approximate surface area is 120 Å². The number of hydrogen-bond donors (Lipinski definition) is 1. The molecule has 0 aliphatic carbocycles. The fraction of sp³-hybridized carbons (Fsp3) is 0.333. The number of benzene rings is 1. The molecule has 0 saturated heterocycles. The summed E-state index contributed by atoms with van der Waals surface area (Å²) in [6, 6.07) is 4.55. The van der Waals surface area contributed by atoms with Gasteiger partial charge in [-0.25, -0.2) is 0 Å². The lowest BCUT2D eigenvalue weighted by Gasteiger charge is -2.05. The van der Waals surface area contributed by atoms with Crippen LogP contribution >= 0.6 is 0 Å². The first kappa shape index (κ1) is 16.9. The van der Waals surface area contributed by atoms with Gasteiger partial charge in [-0.15, -0.1) is 0 Å². The zero-order valence-corrected chi connectivity index (χ0v) is 11.3. The van der Waals surface area contributed by atoms with Crippen molar-refractivity contribution in [3.8, 4) is 0 Å². The van der Waals surface area contributed by atoms with Crippen LogP contribution in [0.2, 0.25) is 0 Å². The van der Waals surface area contributed by atoms with Crippen LogP contribution in [-0.4, -0.2) is 11.7 Å². The fourth-order valence-electron chi connectivity index (χ4n) is 1.65. The predicted molar refractivity (Wildman–Crippen MR) is 73.1 cm³/mol. The van der Waals surface area contributed by atoms with Crippen molar-refractivity contribution in [2.75, 3.05) is 0 Å². The second kappa shape index (κ2) is 7.61. The number of halogens is 3. The standard InChI is InChI=1S/C15H16F3NO2/c16-15(17,18)12-8-5-11(6-9-12)7-10-13(20)3-1-2-4-14(19)21/h5-10H,1-4H2,(H2,19,21)/b10-7+. The van der Waals surface area contributed by atoms with Crippen LogP contribution in [0, 0.1) is 0 Å². The van der Waals surface area contributed by atoms with E-state index >= 15 is 0 Å². The molecule has 1 amide bonds. The van der Waals surface area contributed by atoms with Crippen molar-refractivity contribution in [2.45, 2.75) is 31.9 Å². The molecule has 0 aliphatic rings. The zero-order valence-electron chi connectivity index (χ0n) is 11.3. The smallest absolute Gasteiger partial charge is 0.370 e. The molecule has 0 bridgehead atoms. The van der Waals surface area contributed by atoms with Gasteiger partial charge in [-0.05, 0) is 36.6 Å². The van der Waals surface area contributed by atoms with Crippen LogP contribution in [0.3, 0.4) is 0 Å². The largest absolute Gasteiger partial charge is 0.416 e. The number of rotatable bonds is 7. The molecule has 0 aliphatic heterocycles. The molecule has 21 heavy (non-hydrogen) atoms. The van der Waals surface area contributed by atoms with E-state index in [2.05, 4.69) is 0 Å². The number of unbranched alkanes of at least 4 members (excludes halogenated alkanes) is 1. The first-order valence-electron chi connectivity index (χ1n) is 6.45. The highest BCUT2D eigenvalue weighted by atomic mass is 19.4. The number of primary amides is 1. The highest BCUT2D eigenvalue weighted by Gasteiger charge is 2.29. The molecule has 6 heteroatoms. The minimum absolute atomic E-state index is 0.139. The van der Waals surface area contributed by atoms with Gasteiger partial charge < -0.3 is 5.73 Å². The average Bonchev–Trinajstić information content (AvgIpc) is 2.40. The molecule has 0 aromatic heterocycles. The minimum atomic E-state index is -4.36. The lowest BCUT2D eigenvalue weighted by atomic mass is 10.1. The third kappa shape index (κ3) is 6.74. The Kier molecular flexibility index (Phi) is 6.14. The molecule has 0 atom stereocenters. The highest BCUT2D eigenvalue weighted by Crippen LogP contribution is 2.29. The van der Waals surface area contributed by atoms with Crippen molar-refractivity contribution in [3.63, 3.8) is 0 Å². The molecule has 114 valence electrons. The highest BCUT2D eigenvalue weighted by molar-refractivity contribution is 5.93. The summed E-state index contributed by atoms with van der Waals surface area (Å²) in [7, 11) is 0. The second-order valence-electron chi connectivity index (χ2n) is 4.59. The summed E-state index contributed by atoms with van der Waals surface area (Å²) in [5.41, 5.74) is 4.77. The summed E-state index contributed by atoms with van der Waals surface area (Å²) in [4.78, 5) is 22.0. The third-order valence-electron chi connectivity index (χ3n) is 2.80. The molecule has 0 fully saturated rings. The van der Waals surface area contributed by atoms with Crippen LogP contribution in [-0.2, 0) is 15.8 Å². The third-order valence-corrected chi connectivity index (χ3v) is 2.80. The monoisotopic (exact) mass is 299 g/mol. The quantitative estimate of drug-likeness (QED) is 0.620. The van der Waals surface area contributed by atoms with E-state index in [-0.39, 0.29) is 18.6 Å². The van der Waals surface area contributed by atoms with Gasteiger partial charge in [-0.3, -0.25) is 9.59 Å². The first-order chi connectivity index (χ1) is 9.79. The van der Waals surface area contributed by atoms with Crippen molar-refractivity contribution < 1.29 is 22.8 Å². The van der Waals surface area contributed by atoms with Gasteiger partial charge in [0.05, 0.1) is 5.56 Å². The van der Waals surface area contributed by atoms with Crippen molar-refractivity contribution in [1.29, 1.82) is 0 Å². The van der Waals surface area contributed by atoms with E-state index in [0.29, 0.717) is 18.4 Å². The maximum Gasteiger partial charge on any atom is 0.416 e. The van der Waals surface area contributed by atoms with Gasteiger partial charge in [-0.1, -0.05) is 18.2 Å². The van der Waals surface area contributed by atoms with Crippen molar-refractivity contribution in [3.05, 3.63) is 41.5 Å². The Morgan fingerprint density at radius 2 is 1.62 bits per heavy atom. The van der Waals surface area contributed by atoms with E-state index in [4.69, 9.17) is 5.73 Å². The second-order valence-corrected chi connectivity index (χ2v) is 4.59. The number of nitrogens with two attached hydrogens (primary N) is 1. The molecular weight excluding hydrogens is 283 g/mol. The lowest BCUT2D eigenvalue weighted by molar-refractivity contribution is -0.137. The summed E-state index contributed by atoms with van der Waals surface area (Å²) in [5, 5.41) is 0. The van der Waals surface area contributed by atoms with Crippen molar-refractivity contribution in [2.24, 2.45) is 5.73 Å². The molecule has 3 nitrogen and oxygen atoms in total. The van der Waals surface area contributed by atoms with Crippen LogP contribution in [0.25, 0.3) is 6.08 Å². The summed E-state index contributed by atoms with van der Waals surface area (Å²) >= 11 is 0. The summed E-state index contributed by atoms with van der Waals surface area (Å²) < 4.78 is 37.1. The maximum atomic E-state index is 12.4. The molecule has 2 N–H and O–H groups in total. The van der Waals surface area contributed by atoms with E-state index in [0.717, 1.165) is 12.1 Å². The number of allylic oxidation sites excluding steroid dienone is 1. The normalized spacial score (nSPS) is 11.8. The Hall–Kier alpha value is -2.11. The van der Waals surface area contributed by atoms with E-state index in [1.807, 2.05) is 0 Å². The first-order valence-corrected chi connectivity index (χ1v) is 6.45. The van der Waals surface area contributed by atoms with E-state index in [1.54, 1.807) is 0 Å². The molecule has 1 rings (SSSR count). The van der Waals surface area contributed by atoms with E-state index in [1.165, 1.54) is 24.3 Å². The van der Waals surface area contributed by atoms with Gasteiger partial charge in [0.1, 0.15) is 0 Å². The number of ketones is 1. The number of hydrogen-bond acceptors (Lipinski definition) is 2. The lowest BCUT2D eigenvalue weighted by Crippen LogP contribution is -2.09. The van der Waals surface area contributed by atoms with Crippen LogP contribution in [0.4, 0.5) is 13.2 Å². The Morgan fingerprint density at radius 3 is 2.14 bits per heavy atom. The van der Waals surface area contributed by atoms with E-state index in [9.17, 15) is 22.8 Å². The van der Waals surface area contributed by atoms with Crippen molar-refractivity contribution in [1.82, 2.24) is 0 Å². The van der Waals surface area contributed by atoms with E-state index < -0.39 is 17.6 Å². The van der Waals surface area contributed by atoms with Crippen LogP contribution in [0.15, 0.2) is 30.3 Å². The van der Waals surface area contributed by atoms with Gasteiger partial charge in [0, 0.05) is 12.8 Å². The number of amides is 1. The Bertz CT molecular complexity index is 519. The number of carbonyl (C=O) groups is 2. The average molecular weight is 299 g/mol. The van der Waals surface area contributed by atoms with Crippen LogP contribution < -0.4 is 5.73 Å². The molecule has 0 unspecified atom stereocenters. The number of carbonyl (C=O) groups excluding carboxylic acids is 2. The predicted octanol–water partition coefficient (Wildman–Crippen LogP) is 3.33. The molecule has 0 radical (unpaired) electrons. The summed E-state index contributed by atoms with van der Waals surface area (Å²) in [6.07, 6.45) is 0.0660. The van der Waals surface area contributed by atoms with Gasteiger partial charge in [0.2, 0.25) is 5.91 Å². The molecular formula is C15H16F3NO2. The van der Waals surface area contributed by atoms with Crippen LogP contribution in [0.5, 0.6) is 0 Å². The van der Waals surface area contributed by atoms with Gasteiger partial charge in [0.25, 0.3) is 0 Å².